The van der Waals surface area contributed by atoms with Crippen molar-refractivity contribution in [1.82, 2.24) is 0 Å². The van der Waals surface area contributed by atoms with Gasteiger partial charge in [-0.1, -0.05) is 26.0 Å². The number of esters is 1. The molecule has 3 heteroatoms. The number of carbonyl (C=O) groups excluding carboxylic acids is 2. The minimum absolute atomic E-state index is 0.0124. The average Bonchev–Trinajstić information content (AvgIpc) is 2.34. The third-order valence-electron chi connectivity index (χ3n) is 3.67. The lowest BCUT2D eigenvalue weighted by molar-refractivity contribution is -0.140. The summed E-state index contributed by atoms with van der Waals surface area (Å²) in [6.45, 7) is 9.73. The standard InChI is InChI=1S/C17H24O3/c1-6-7-16(19)20-12(2)8-9-14-13(3)15(18)10-11-17(14,4)5/h6-9,12H,10-11H2,1-5H3/b7-6+,9-8?. The number of allylic oxidation sites excluding steroid dienone is 4. The normalized spacial score (nSPS) is 20.8. The molecule has 0 saturated heterocycles. The zero-order valence-electron chi connectivity index (χ0n) is 13.0. The second-order valence-electron chi connectivity index (χ2n) is 5.85. The lowest BCUT2D eigenvalue weighted by Gasteiger charge is -2.32. The molecule has 0 aromatic rings. The second kappa shape index (κ2) is 6.69. The van der Waals surface area contributed by atoms with E-state index in [2.05, 4.69) is 13.8 Å². The van der Waals surface area contributed by atoms with Crippen LogP contribution in [0.1, 0.15) is 47.5 Å². The van der Waals surface area contributed by atoms with Gasteiger partial charge in [0.2, 0.25) is 0 Å². The molecule has 3 nitrogen and oxygen atoms in total. The van der Waals surface area contributed by atoms with Crippen molar-refractivity contribution in [1.29, 1.82) is 0 Å². The molecular formula is C17H24O3. The molecule has 0 saturated carbocycles. The number of rotatable bonds is 4. The van der Waals surface area contributed by atoms with Crippen molar-refractivity contribution in [3.05, 3.63) is 35.5 Å². The van der Waals surface area contributed by atoms with Crippen LogP contribution in [0.15, 0.2) is 35.5 Å². The molecule has 0 aliphatic heterocycles. The van der Waals surface area contributed by atoms with Gasteiger partial charge < -0.3 is 4.74 Å². The number of Topliss-reactive ketones (excluding diaryl/α,β-unsaturated/α-hetero) is 1. The Hall–Kier alpha value is -1.64. The Kier molecular flexibility index (Phi) is 5.49. The van der Waals surface area contributed by atoms with E-state index in [1.165, 1.54) is 6.08 Å². The van der Waals surface area contributed by atoms with Gasteiger partial charge in [0, 0.05) is 12.5 Å². The summed E-state index contributed by atoms with van der Waals surface area (Å²) < 4.78 is 5.19. The van der Waals surface area contributed by atoms with E-state index >= 15 is 0 Å². The fraction of sp³-hybridized carbons (Fsp3) is 0.529. The lowest BCUT2D eigenvalue weighted by atomic mass is 9.72. The van der Waals surface area contributed by atoms with Crippen molar-refractivity contribution in [3.63, 3.8) is 0 Å². The maximum atomic E-state index is 11.8. The molecule has 0 radical (unpaired) electrons. The molecule has 1 aliphatic carbocycles. The Bertz CT molecular complexity index is 478. The summed E-state index contributed by atoms with van der Waals surface area (Å²) in [5.41, 5.74) is 1.86. The molecule has 0 aromatic carbocycles. The highest BCUT2D eigenvalue weighted by atomic mass is 16.5. The van der Waals surface area contributed by atoms with E-state index in [9.17, 15) is 9.59 Å². The van der Waals surface area contributed by atoms with E-state index in [0.29, 0.717) is 6.42 Å². The molecule has 0 spiro atoms. The van der Waals surface area contributed by atoms with Crippen molar-refractivity contribution < 1.29 is 14.3 Å². The molecular weight excluding hydrogens is 252 g/mol. The lowest BCUT2D eigenvalue weighted by Crippen LogP contribution is -2.24. The first-order valence-electron chi connectivity index (χ1n) is 7.04. The number of carbonyl (C=O) groups is 2. The topological polar surface area (TPSA) is 43.4 Å². The van der Waals surface area contributed by atoms with Crippen LogP contribution in [-0.4, -0.2) is 17.9 Å². The smallest absolute Gasteiger partial charge is 0.330 e. The SMILES string of the molecule is C/C=C/C(=O)OC(C)C=CC1=C(C)C(=O)CCC1(C)C. The van der Waals surface area contributed by atoms with Gasteiger partial charge >= 0.3 is 5.97 Å². The summed E-state index contributed by atoms with van der Waals surface area (Å²) in [7, 11) is 0. The number of ether oxygens (including phenoxy) is 1. The second-order valence-corrected chi connectivity index (χ2v) is 5.85. The predicted octanol–water partition coefficient (Wildman–Crippen LogP) is 3.76. The van der Waals surface area contributed by atoms with E-state index in [1.807, 2.05) is 26.0 Å². The Morgan fingerprint density at radius 3 is 2.65 bits per heavy atom. The molecule has 1 atom stereocenters. The summed E-state index contributed by atoms with van der Waals surface area (Å²) in [5, 5.41) is 0. The van der Waals surface area contributed by atoms with Gasteiger partial charge in [-0.25, -0.2) is 4.79 Å². The van der Waals surface area contributed by atoms with Gasteiger partial charge in [-0.3, -0.25) is 4.79 Å². The molecule has 0 amide bonds. The van der Waals surface area contributed by atoms with Gasteiger partial charge in [0.15, 0.2) is 5.78 Å². The van der Waals surface area contributed by atoms with Crippen molar-refractivity contribution in [2.45, 2.75) is 53.6 Å². The summed E-state index contributed by atoms with van der Waals surface area (Å²) in [4.78, 5) is 23.2. The van der Waals surface area contributed by atoms with Gasteiger partial charge in [0.1, 0.15) is 6.10 Å². The fourth-order valence-electron chi connectivity index (χ4n) is 2.39. The van der Waals surface area contributed by atoms with Crippen molar-refractivity contribution >= 4 is 11.8 Å². The third kappa shape index (κ3) is 4.19. The van der Waals surface area contributed by atoms with Gasteiger partial charge in [0.05, 0.1) is 0 Å². The number of hydrogen-bond donors (Lipinski definition) is 0. The Balaban J connectivity index is 2.84. The molecule has 1 unspecified atom stereocenters. The zero-order chi connectivity index (χ0) is 15.3. The zero-order valence-corrected chi connectivity index (χ0v) is 13.0. The van der Waals surface area contributed by atoms with Gasteiger partial charge in [0.25, 0.3) is 0 Å². The highest BCUT2D eigenvalue weighted by molar-refractivity contribution is 5.97. The fourth-order valence-corrected chi connectivity index (χ4v) is 2.39. The van der Waals surface area contributed by atoms with E-state index in [1.54, 1.807) is 13.0 Å². The van der Waals surface area contributed by atoms with E-state index < -0.39 is 0 Å². The van der Waals surface area contributed by atoms with Crippen LogP contribution >= 0.6 is 0 Å². The van der Waals surface area contributed by atoms with E-state index in [-0.39, 0.29) is 23.3 Å². The Morgan fingerprint density at radius 2 is 2.05 bits per heavy atom. The largest absolute Gasteiger partial charge is 0.455 e. The molecule has 0 aromatic heterocycles. The first-order valence-corrected chi connectivity index (χ1v) is 7.04. The molecule has 0 fully saturated rings. The molecule has 20 heavy (non-hydrogen) atoms. The van der Waals surface area contributed by atoms with Gasteiger partial charge in [-0.2, -0.15) is 0 Å². The Labute approximate surface area is 121 Å². The maximum Gasteiger partial charge on any atom is 0.330 e. The van der Waals surface area contributed by atoms with Crippen LogP contribution in [0.3, 0.4) is 0 Å². The number of ketones is 1. The summed E-state index contributed by atoms with van der Waals surface area (Å²) in [6.07, 6.45) is 7.96. The van der Waals surface area contributed by atoms with Crippen LogP contribution in [-0.2, 0) is 14.3 Å². The monoisotopic (exact) mass is 276 g/mol. The summed E-state index contributed by atoms with van der Waals surface area (Å²) >= 11 is 0. The molecule has 0 N–H and O–H groups in total. The molecule has 0 bridgehead atoms. The first kappa shape index (κ1) is 16.4. The van der Waals surface area contributed by atoms with Crippen LogP contribution in [0.2, 0.25) is 0 Å². The van der Waals surface area contributed by atoms with E-state index in [4.69, 9.17) is 4.74 Å². The van der Waals surface area contributed by atoms with Crippen LogP contribution in [0.5, 0.6) is 0 Å². The van der Waals surface area contributed by atoms with Crippen molar-refractivity contribution in [2.75, 3.05) is 0 Å². The minimum atomic E-state index is -0.352. The molecule has 110 valence electrons. The van der Waals surface area contributed by atoms with Crippen LogP contribution in [0.4, 0.5) is 0 Å². The van der Waals surface area contributed by atoms with Crippen LogP contribution in [0.25, 0.3) is 0 Å². The highest BCUT2D eigenvalue weighted by Crippen LogP contribution is 2.39. The van der Waals surface area contributed by atoms with Crippen LogP contribution in [0, 0.1) is 5.41 Å². The van der Waals surface area contributed by atoms with Crippen LogP contribution < -0.4 is 0 Å². The first-order chi connectivity index (χ1) is 9.27. The van der Waals surface area contributed by atoms with Gasteiger partial charge in [-0.05, 0) is 49.8 Å². The summed E-state index contributed by atoms with van der Waals surface area (Å²) in [5.74, 6) is -0.142. The Morgan fingerprint density at radius 1 is 1.40 bits per heavy atom. The minimum Gasteiger partial charge on any atom is -0.455 e. The third-order valence-corrected chi connectivity index (χ3v) is 3.67. The predicted molar refractivity (Wildman–Crippen MR) is 80.2 cm³/mol. The van der Waals surface area contributed by atoms with Gasteiger partial charge in [-0.15, -0.1) is 0 Å². The quantitative estimate of drug-likeness (QED) is 0.580. The molecule has 0 heterocycles. The molecule has 1 rings (SSSR count). The number of hydrogen-bond acceptors (Lipinski definition) is 3. The van der Waals surface area contributed by atoms with Crippen molar-refractivity contribution in [3.8, 4) is 0 Å². The maximum absolute atomic E-state index is 11.8. The molecule has 1 aliphatic rings. The highest BCUT2D eigenvalue weighted by Gasteiger charge is 2.30. The van der Waals surface area contributed by atoms with Crippen molar-refractivity contribution in [2.24, 2.45) is 5.41 Å². The average molecular weight is 276 g/mol. The summed E-state index contributed by atoms with van der Waals surface area (Å²) in [6, 6.07) is 0. The van der Waals surface area contributed by atoms with E-state index in [0.717, 1.165) is 17.6 Å².